The van der Waals surface area contributed by atoms with Gasteiger partial charge in [0.25, 0.3) is 0 Å². The van der Waals surface area contributed by atoms with E-state index in [1.54, 1.807) is 0 Å². The maximum atomic E-state index is 5.29. The second-order valence-electron chi connectivity index (χ2n) is 4.98. The van der Waals surface area contributed by atoms with Gasteiger partial charge in [-0.3, -0.25) is 0 Å². The molecule has 0 heterocycles. The quantitative estimate of drug-likeness (QED) is 0.770. The maximum Gasteiger partial charge on any atom is 0.150 e. The molecule has 15 heavy (non-hydrogen) atoms. The molecule has 1 atom stereocenters. The lowest BCUT2D eigenvalue weighted by molar-refractivity contribution is 0.286. The highest BCUT2D eigenvalue weighted by Crippen LogP contribution is 2.41. The third kappa shape index (κ3) is 2.72. The van der Waals surface area contributed by atoms with Crippen molar-refractivity contribution in [3.8, 4) is 5.75 Å². The van der Waals surface area contributed by atoms with Gasteiger partial charge in [-0.15, -0.1) is 0 Å². The predicted octanol–water partition coefficient (Wildman–Crippen LogP) is 3.48. The Balaban J connectivity index is 3.12. The van der Waals surface area contributed by atoms with E-state index in [1.807, 2.05) is 18.2 Å². The molecule has 0 radical (unpaired) electrons. The Labute approximate surface area is 92.4 Å². The van der Waals surface area contributed by atoms with E-state index in [1.165, 1.54) is 5.56 Å². The Hall–Kier alpha value is -1.02. The molecule has 1 aromatic carbocycles. The average Bonchev–Trinajstić information content (AvgIpc) is 2.17. The molecule has 2 N–H and O–H groups in total. The van der Waals surface area contributed by atoms with Gasteiger partial charge in [0.05, 0.1) is 0 Å². The van der Waals surface area contributed by atoms with Crippen LogP contribution in [0.25, 0.3) is 0 Å². The van der Waals surface area contributed by atoms with Crippen LogP contribution in [0.1, 0.15) is 45.6 Å². The van der Waals surface area contributed by atoms with Gasteiger partial charge in [0.1, 0.15) is 5.75 Å². The van der Waals surface area contributed by atoms with E-state index in [0.29, 0.717) is 5.92 Å². The van der Waals surface area contributed by atoms with Gasteiger partial charge in [-0.05, 0) is 23.8 Å². The summed E-state index contributed by atoms with van der Waals surface area (Å²) >= 11 is 0. The second-order valence-corrected chi connectivity index (χ2v) is 4.98. The fourth-order valence-corrected chi connectivity index (χ4v) is 2.17. The van der Waals surface area contributed by atoms with Crippen LogP contribution >= 0.6 is 0 Å². The summed E-state index contributed by atoms with van der Waals surface area (Å²) in [7, 11) is 0. The fourth-order valence-electron chi connectivity index (χ4n) is 2.17. The molecule has 0 aliphatic carbocycles. The van der Waals surface area contributed by atoms with Gasteiger partial charge in [0.2, 0.25) is 0 Å². The predicted molar refractivity (Wildman–Crippen MR) is 63.7 cm³/mol. The molecule has 0 aromatic heterocycles. The van der Waals surface area contributed by atoms with Crippen LogP contribution in [0, 0.1) is 5.41 Å². The molecule has 0 aliphatic heterocycles. The lowest BCUT2D eigenvalue weighted by Crippen LogP contribution is -2.19. The first-order valence-electron chi connectivity index (χ1n) is 5.46. The summed E-state index contributed by atoms with van der Waals surface area (Å²) in [4.78, 5) is 4.92. The van der Waals surface area contributed by atoms with Gasteiger partial charge in [-0.1, -0.05) is 45.9 Å². The van der Waals surface area contributed by atoms with Crippen LogP contribution in [-0.2, 0) is 0 Å². The van der Waals surface area contributed by atoms with E-state index in [9.17, 15) is 0 Å². The van der Waals surface area contributed by atoms with Gasteiger partial charge in [-0.2, -0.15) is 5.90 Å². The lowest BCUT2D eigenvalue weighted by atomic mass is 9.75. The molecule has 1 rings (SSSR count). The standard InChI is InChI=1S/C13H21NO/c1-5-11(13(2,3)4)10-8-6-7-9-12(10)15-14/h6-9,11H,5,14H2,1-4H3. The molecule has 0 saturated heterocycles. The fraction of sp³-hybridized carbons (Fsp3) is 0.538. The topological polar surface area (TPSA) is 35.2 Å². The SMILES string of the molecule is CCC(c1ccccc1ON)C(C)(C)C. The first-order chi connectivity index (χ1) is 7.00. The smallest absolute Gasteiger partial charge is 0.150 e. The van der Waals surface area contributed by atoms with E-state index in [2.05, 4.69) is 33.8 Å². The summed E-state index contributed by atoms with van der Waals surface area (Å²) in [5, 5.41) is 0. The monoisotopic (exact) mass is 207 g/mol. The van der Waals surface area contributed by atoms with E-state index < -0.39 is 0 Å². The van der Waals surface area contributed by atoms with Crippen molar-refractivity contribution in [1.82, 2.24) is 0 Å². The molecule has 0 aliphatic rings. The van der Waals surface area contributed by atoms with Crippen LogP contribution in [0.4, 0.5) is 0 Å². The molecule has 0 bridgehead atoms. The number of para-hydroxylation sites is 1. The number of hydrogen-bond acceptors (Lipinski definition) is 2. The Bertz CT molecular complexity index is 315. The van der Waals surface area contributed by atoms with E-state index in [-0.39, 0.29) is 5.41 Å². The highest BCUT2D eigenvalue weighted by Gasteiger charge is 2.26. The Morgan fingerprint density at radius 1 is 1.27 bits per heavy atom. The third-order valence-corrected chi connectivity index (χ3v) is 2.88. The molecule has 0 saturated carbocycles. The molecule has 1 unspecified atom stereocenters. The molecule has 2 nitrogen and oxygen atoms in total. The summed E-state index contributed by atoms with van der Waals surface area (Å²) in [5.74, 6) is 6.55. The molecule has 0 spiro atoms. The highest BCUT2D eigenvalue weighted by atomic mass is 16.6. The first kappa shape index (κ1) is 12.1. The van der Waals surface area contributed by atoms with Gasteiger partial charge in [-0.25, -0.2) is 0 Å². The van der Waals surface area contributed by atoms with Crippen LogP contribution in [0.15, 0.2) is 24.3 Å². The summed E-state index contributed by atoms with van der Waals surface area (Å²) in [6.07, 6.45) is 1.09. The van der Waals surface area contributed by atoms with Crippen LogP contribution < -0.4 is 10.7 Å². The van der Waals surface area contributed by atoms with Gasteiger partial charge in [0.15, 0.2) is 0 Å². The van der Waals surface area contributed by atoms with Crippen molar-refractivity contribution in [3.05, 3.63) is 29.8 Å². The van der Waals surface area contributed by atoms with E-state index >= 15 is 0 Å². The molecular formula is C13H21NO. The summed E-state index contributed by atoms with van der Waals surface area (Å²) in [6.45, 7) is 8.93. The molecule has 0 amide bonds. The minimum atomic E-state index is 0.226. The first-order valence-corrected chi connectivity index (χ1v) is 5.46. The number of benzene rings is 1. The van der Waals surface area contributed by atoms with Gasteiger partial charge >= 0.3 is 0 Å². The third-order valence-electron chi connectivity index (χ3n) is 2.88. The van der Waals surface area contributed by atoms with Crippen molar-refractivity contribution < 1.29 is 4.84 Å². The van der Waals surface area contributed by atoms with Crippen LogP contribution in [0.3, 0.4) is 0 Å². The molecule has 0 fully saturated rings. The zero-order valence-corrected chi connectivity index (χ0v) is 10.1. The second kappa shape index (κ2) is 4.67. The summed E-state index contributed by atoms with van der Waals surface area (Å²) < 4.78 is 0. The van der Waals surface area contributed by atoms with Crippen molar-refractivity contribution in [2.75, 3.05) is 0 Å². The minimum absolute atomic E-state index is 0.226. The molecule has 1 aromatic rings. The van der Waals surface area contributed by atoms with E-state index in [0.717, 1.165) is 12.2 Å². The van der Waals surface area contributed by atoms with Gasteiger partial charge in [0, 0.05) is 5.56 Å². The van der Waals surface area contributed by atoms with Gasteiger partial charge < -0.3 is 4.84 Å². The molecular weight excluding hydrogens is 186 g/mol. The van der Waals surface area contributed by atoms with E-state index in [4.69, 9.17) is 10.7 Å². The van der Waals surface area contributed by atoms with Crippen LogP contribution in [-0.4, -0.2) is 0 Å². The Morgan fingerprint density at radius 3 is 2.33 bits per heavy atom. The van der Waals surface area contributed by atoms with Crippen LogP contribution in [0.2, 0.25) is 0 Å². The van der Waals surface area contributed by atoms with Crippen molar-refractivity contribution in [3.63, 3.8) is 0 Å². The number of nitrogens with two attached hydrogens (primary N) is 1. The average molecular weight is 207 g/mol. The van der Waals surface area contributed by atoms with Crippen molar-refractivity contribution in [2.45, 2.75) is 40.0 Å². The largest absolute Gasteiger partial charge is 0.411 e. The zero-order valence-electron chi connectivity index (χ0n) is 10.1. The molecule has 2 heteroatoms. The zero-order chi connectivity index (χ0) is 11.5. The normalized spacial score (nSPS) is 13.7. The summed E-state index contributed by atoms with van der Waals surface area (Å²) in [6, 6.07) is 8.00. The molecule has 84 valence electrons. The van der Waals surface area contributed by atoms with Crippen molar-refractivity contribution in [1.29, 1.82) is 0 Å². The maximum absolute atomic E-state index is 5.29. The Kier molecular flexibility index (Phi) is 3.75. The lowest BCUT2D eigenvalue weighted by Gasteiger charge is -2.31. The Morgan fingerprint density at radius 2 is 1.87 bits per heavy atom. The highest BCUT2D eigenvalue weighted by molar-refractivity contribution is 5.36. The van der Waals surface area contributed by atoms with Crippen molar-refractivity contribution >= 4 is 0 Å². The van der Waals surface area contributed by atoms with Crippen molar-refractivity contribution in [2.24, 2.45) is 11.3 Å². The minimum Gasteiger partial charge on any atom is -0.411 e. The number of rotatable bonds is 3. The van der Waals surface area contributed by atoms with Crippen LogP contribution in [0.5, 0.6) is 5.75 Å². The summed E-state index contributed by atoms with van der Waals surface area (Å²) in [5.41, 5.74) is 1.43. The number of hydrogen-bond donors (Lipinski definition) is 1.